The van der Waals surface area contributed by atoms with E-state index >= 15 is 0 Å². The van der Waals surface area contributed by atoms with E-state index in [0.717, 1.165) is 11.1 Å². The predicted octanol–water partition coefficient (Wildman–Crippen LogP) is 4.17. The summed E-state index contributed by atoms with van der Waals surface area (Å²) in [6, 6.07) is 16.9. The highest BCUT2D eigenvalue weighted by atomic mass is 35.5. The average molecular weight is 276 g/mol. The first-order valence-corrected chi connectivity index (χ1v) is 6.44. The van der Waals surface area contributed by atoms with Crippen LogP contribution in [0, 0.1) is 0 Å². The molecule has 98 valence electrons. The van der Waals surface area contributed by atoms with Crippen molar-refractivity contribution in [3.05, 3.63) is 65.7 Å². The Balaban J connectivity index is 1.91. The van der Waals surface area contributed by atoms with Gasteiger partial charge in [0.1, 0.15) is 6.61 Å². The smallest absolute Gasteiger partial charge is 0.411 e. The number of carbonyl (C=O) groups excluding carboxylic acids is 1. The van der Waals surface area contributed by atoms with Gasteiger partial charge in [-0.2, -0.15) is 0 Å². The first-order valence-electron chi connectivity index (χ1n) is 5.91. The SMILES string of the molecule is O=C(Nc1ccccc1CCl)OCc1ccccc1. The molecule has 0 saturated carbocycles. The van der Waals surface area contributed by atoms with E-state index in [9.17, 15) is 4.79 Å². The summed E-state index contributed by atoms with van der Waals surface area (Å²) < 4.78 is 5.14. The lowest BCUT2D eigenvalue weighted by atomic mass is 10.2. The normalized spacial score (nSPS) is 9.95. The molecular weight excluding hydrogens is 262 g/mol. The Bertz CT molecular complexity index is 543. The van der Waals surface area contributed by atoms with Gasteiger partial charge in [-0.3, -0.25) is 5.32 Å². The zero-order valence-corrected chi connectivity index (χ0v) is 11.1. The maximum absolute atomic E-state index is 11.7. The number of hydrogen-bond acceptors (Lipinski definition) is 2. The van der Waals surface area contributed by atoms with E-state index in [-0.39, 0.29) is 6.61 Å². The van der Waals surface area contributed by atoms with Crippen molar-refractivity contribution in [2.24, 2.45) is 0 Å². The molecule has 0 bridgehead atoms. The van der Waals surface area contributed by atoms with Gasteiger partial charge in [-0.05, 0) is 17.2 Å². The lowest BCUT2D eigenvalue weighted by molar-refractivity contribution is 0.155. The van der Waals surface area contributed by atoms with Crippen LogP contribution in [-0.4, -0.2) is 6.09 Å². The van der Waals surface area contributed by atoms with E-state index < -0.39 is 6.09 Å². The standard InChI is InChI=1S/C15H14ClNO2/c16-10-13-8-4-5-9-14(13)17-15(18)19-11-12-6-2-1-3-7-12/h1-9H,10-11H2,(H,17,18). The van der Waals surface area contributed by atoms with Crippen LogP contribution >= 0.6 is 11.6 Å². The molecule has 0 aliphatic carbocycles. The third kappa shape index (κ3) is 4.00. The molecule has 0 radical (unpaired) electrons. The summed E-state index contributed by atoms with van der Waals surface area (Å²) in [4.78, 5) is 11.7. The Morgan fingerprint density at radius 3 is 2.47 bits per heavy atom. The van der Waals surface area contributed by atoms with Gasteiger partial charge in [0.05, 0.1) is 0 Å². The summed E-state index contributed by atoms with van der Waals surface area (Å²) in [7, 11) is 0. The minimum absolute atomic E-state index is 0.246. The number of amides is 1. The highest BCUT2D eigenvalue weighted by Crippen LogP contribution is 2.17. The zero-order chi connectivity index (χ0) is 13.5. The van der Waals surface area contributed by atoms with Gasteiger partial charge in [0.2, 0.25) is 0 Å². The summed E-state index contributed by atoms with van der Waals surface area (Å²) in [5, 5.41) is 2.69. The van der Waals surface area contributed by atoms with E-state index in [0.29, 0.717) is 11.6 Å². The molecular formula is C15H14ClNO2. The molecule has 2 aromatic rings. The summed E-state index contributed by atoms with van der Waals surface area (Å²) >= 11 is 5.80. The Kier molecular flexibility index (Phi) is 4.81. The van der Waals surface area contributed by atoms with Crippen LogP contribution in [0.15, 0.2) is 54.6 Å². The lowest BCUT2D eigenvalue weighted by Gasteiger charge is -2.09. The number of halogens is 1. The molecule has 19 heavy (non-hydrogen) atoms. The number of para-hydroxylation sites is 1. The molecule has 1 amide bonds. The fourth-order valence-electron chi connectivity index (χ4n) is 1.63. The van der Waals surface area contributed by atoms with Gasteiger partial charge in [-0.15, -0.1) is 11.6 Å². The number of anilines is 1. The summed E-state index contributed by atoms with van der Waals surface area (Å²) in [6.07, 6.45) is -0.485. The van der Waals surface area contributed by atoms with Crippen LogP contribution in [0.1, 0.15) is 11.1 Å². The second kappa shape index (κ2) is 6.81. The first kappa shape index (κ1) is 13.4. The van der Waals surface area contributed by atoms with E-state index in [1.807, 2.05) is 48.5 Å². The minimum atomic E-state index is -0.485. The number of benzene rings is 2. The molecule has 0 fully saturated rings. The average Bonchev–Trinajstić information content (AvgIpc) is 2.47. The molecule has 0 spiro atoms. The number of hydrogen-bond donors (Lipinski definition) is 1. The molecule has 0 aromatic heterocycles. The number of nitrogens with one attached hydrogen (secondary N) is 1. The van der Waals surface area contributed by atoms with Gasteiger partial charge >= 0.3 is 6.09 Å². The Morgan fingerprint density at radius 1 is 1.05 bits per heavy atom. The predicted molar refractivity (Wildman–Crippen MR) is 76.2 cm³/mol. The van der Waals surface area contributed by atoms with Gasteiger partial charge in [0, 0.05) is 11.6 Å². The second-order valence-corrected chi connectivity index (χ2v) is 4.24. The van der Waals surface area contributed by atoms with E-state index in [1.165, 1.54) is 0 Å². The van der Waals surface area contributed by atoms with Gasteiger partial charge in [-0.1, -0.05) is 48.5 Å². The van der Waals surface area contributed by atoms with Crippen molar-refractivity contribution in [1.29, 1.82) is 0 Å². The zero-order valence-electron chi connectivity index (χ0n) is 10.3. The topological polar surface area (TPSA) is 38.3 Å². The third-order valence-electron chi connectivity index (χ3n) is 2.61. The summed E-state index contributed by atoms with van der Waals surface area (Å²) in [6.45, 7) is 0.246. The Labute approximate surface area is 117 Å². The molecule has 3 nitrogen and oxygen atoms in total. The molecule has 4 heteroatoms. The highest BCUT2D eigenvalue weighted by Gasteiger charge is 2.06. The van der Waals surface area contributed by atoms with Crippen molar-refractivity contribution in [2.45, 2.75) is 12.5 Å². The van der Waals surface area contributed by atoms with Crippen LogP contribution in [0.25, 0.3) is 0 Å². The van der Waals surface area contributed by atoms with Crippen molar-refractivity contribution in [3.63, 3.8) is 0 Å². The molecule has 2 aromatic carbocycles. The van der Waals surface area contributed by atoms with Crippen molar-refractivity contribution in [2.75, 3.05) is 5.32 Å². The largest absolute Gasteiger partial charge is 0.444 e. The van der Waals surface area contributed by atoms with Crippen molar-refractivity contribution >= 4 is 23.4 Å². The maximum atomic E-state index is 11.7. The number of rotatable bonds is 4. The van der Waals surface area contributed by atoms with Crippen LogP contribution in [0.5, 0.6) is 0 Å². The van der Waals surface area contributed by atoms with Crippen molar-refractivity contribution < 1.29 is 9.53 Å². The molecule has 0 aliphatic heterocycles. The van der Waals surface area contributed by atoms with E-state index in [1.54, 1.807) is 6.07 Å². The number of alkyl halides is 1. The van der Waals surface area contributed by atoms with Crippen LogP contribution < -0.4 is 5.32 Å². The van der Waals surface area contributed by atoms with Gasteiger partial charge in [-0.25, -0.2) is 4.79 Å². The highest BCUT2D eigenvalue weighted by molar-refractivity contribution is 6.17. The quantitative estimate of drug-likeness (QED) is 0.850. The Morgan fingerprint density at radius 2 is 1.74 bits per heavy atom. The van der Waals surface area contributed by atoms with Gasteiger partial charge in [0.15, 0.2) is 0 Å². The third-order valence-corrected chi connectivity index (χ3v) is 2.90. The van der Waals surface area contributed by atoms with Crippen LogP contribution in [0.3, 0.4) is 0 Å². The molecule has 0 unspecified atom stereocenters. The fraction of sp³-hybridized carbons (Fsp3) is 0.133. The molecule has 0 heterocycles. The number of carbonyl (C=O) groups is 1. The monoisotopic (exact) mass is 275 g/mol. The van der Waals surface area contributed by atoms with Crippen LogP contribution in [0.4, 0.5) is 10.5 Å². The van der Waals surface area contributed by atoms with E-state index in [2.05, 4.69) is 5.32 Å². The maximum Gasteiger partial charge on any atom is 0.411 e. The van der Waals surface area contributed by atoms with Gasteiger partial charge in [0.25, 0.3) is 0 Å². The molecule has 0 aliphatic rings. The lowest BCUT2D eigenvalue weighted by Crippen LogP contribution is -2.14. The van der Waals surface area contributed by atoms with Gasteiger partial charge < -0.3 is 4.74 Å². The van der Waals surface area contributed by atoms with Crippen LogP contribution in [-0.2, 0) is 17.2 Å². The second-order valence-electron chi connectivity index (χ2n) is 3.98. The van der Waals surface area contributed by atoms with E-state index in [4.69, 9.17) is 16.3 Å². The molecule has 2 rings (SSSR count). The Hall–Kier alpha value is -2.00. The fourth-order valence-corrected chi connectivity index (χ4v) is 1.86. The first-order chi connectivity index (χ1) is 9.29. The minimum Gasteiger partial charge on any atom is -0.444 e. The summed E-state index contributed by atoms with van der Waals surface area (Å²) in [5.41, 5.74) is 2.49. The van der Waals surface area contributed by atoms with Crippen molar-refractivity contribution in [1.82, 2.24) is 0 Å². The molecule has 0 saturated heterocycles. The molecule has 1 N–H and O–H groups in total. The molecule has 0 atom stereocenters. The summed E-state index contributed by atoms with van der Waals surface area (Å²) in [5.74, 6) is 0.342. The van der Waals surface area contributed by atoms with Crippen LogP contribution in [0.2, 0.25) is 0 Å². The van der Waals surface area contributed by atoms with Crippen molar-refractivity contribution in [3.8, 4) is 0 Å². The number of ether oxygens (including phenoxy) is 1.